The Bertz CT molecular complexity index is 567. The van der Waals surface area contributed by atoms with E-state index in [1.807, 2.05) is 12.1 Å². The normalized spacial score (nSPS) is 25.0. The average molecular weight is 285 g/mol. The predicted octanol–water partition coefficient (Wildman–Crippen LogP) is 1.15. The number of nitrogens with zero attached hydrogens (tertiary/aromatic N) is 2. The number of fused-ring (bicyclic) bond motifs is 1. The highest BCUT2D eigenvalue weighted by atomic mass is 16.5. The molecule has 0 saturated carbocycles. The Morgan fingerprint density at radius 1 is 1.48 bits per heavy atom. The maximum Gasteiger partial charge on any atom is 0.224 e. The summed E-state index contributed by atoms with van der Waals surface area (Å²) < 4.78 is 5.73. The number of hydrogen-bond donors (Lipinski definition) is 1. The van der Waals surface area contributed by atoms with E-state index in [1.54, 1.807) is 12.1 Å². The number of nitriles is 1. The van der Waals surface area contributed by atoms with Crippen LogP contribution >= 0.6 is 0 Å². The fourth-order valence-electron chi connectivity index (χ4n) is 3.25. The van der Waals surface area contributed by atoms with E-state index in [-0.39, 0.29) is 11.8 Å². The molecule has 0 aromatic heterocycles. The van der Waals surface area contributed by atoms with E-state index in [0.29, 0.717) is 18.2 Å². The maximum absolute atomic E-state index is 11.7. The van der Waals surface area contributed by atoms with Crippen LogP contribution in [0.4, 0.5) is 0 Å². The molecule has 0 bridgehead atoms. The van der Waals surface area contributed by atoms with Crippen molar-refractivity contribution in [1.82, 2.24) is 10.2 Å². The van der Waals surface area contributed by atoms with Gasteiger partial charge in [0.1, 0.15) is 12.4 Å². The zero-order chi connectivity index (χ0) is 14.7. The summed E-state index contributed by atoms with van der Waals surface area (Å²) in [6.07, 6.45) is 2.07. The van der Waals surface area contributed by atoms with Crippen molar-refractivity contribution in [3.8, 4) is 11.8 Å². The van der Waals surface area contributed by atoms with Gasteiger partial charge in [-0.1, -0.05) is 6.07 Å². The Morgan fingerprint density at radius 2 is 2.38 bits per heavy atom. The molecule has 0 radical (unpaired) electrons. The molecule has 2 heterocycles. The summed E-state index contributed by atoms with van der Waals surface area (Å²) >= 11 is 0. The topological polar surface area (TPSA) is 65.4 Å². The Hall–Kier alpha value is -2.06. The van der Waals surface area contributed by atoms with Crippen molar-refractivity contribution in [2.45, 2.75) is 18.9 Å². The third-order valence-electron chi connectivity index (χ3n) is 4.33. The summed E-state index contributed by atoms with van der Waals surface area (Å²) in [4.78, 5) is 14.1. The maximum atomic E-state index is 11.7. The Kier molecular flexibility index (Phi) is 4.07. The lowest BCUT2D eigenvalue weighted by molar-refractivity contribution is -0.124. The van der Waals surface area contributed by atoms with Crippen molar-refractivity contribution in [2.24, 2.45) is 5.92 Å². The summed E-state index contributed by atoms with van der Waals surface area (Å²) in [7, 11) is 0. The SMILES string of the molecule is N#Cc1cccc(OCCN2CCCC3C(=O)NCC32)c1. The minimum atomic E-state index is 0.153. The van der Waals surface area contributed by atoms with Crippen molar-refractivity contribution >= 4 is 5.91 Å². The molecule has 2 atom stereocenters. The minimum absolute atomic E-state index is 0.153. The van der Waals surface area contributed by atoms with E-state index in [0.717, 1.165) is 38.2 Å². The lowest BCUT2D eigenvalue weighted by atomic mass is 9.91. The fraction of sp³-hybridized carbons (Fsp3) is 0.500. The van der Waals surface area contributed by atoms with Gasteiger partial charge < -0.3 is 10.1 Å². The van der Waals surface area contributed by atoms with Crippen molar-refractivity contribution < 1.29 is 9.53 Å². The van der Waals surface area contributed by atoms with Crippen LogP contribution in [0.1, 0.15) is 18.4 Å². The van der Waals surface area contributed by atoms with Gasteiger partial charge in [0.15, 0.2) is 0 Å². The van der Waals surface area contributed by atoms with Crippen LogP contribution in [-0.2, 0) is 4.79 Å². The second kappa shape index (κ2) is 6.15. The summed E-state index contributed by atoms with van der Waals surface area (Å²) in [5.74, 6) is 1.08. The van der Waals surface area contributed by atoms with E-state index in [2.05, 4.69) is 16.3 Å². The van der Waals surface area contributed by atoms with Gasteiger partial charge in [-0.15, -0.1) is 0 Å². The number of nitrogens with one attached hydrogen (secondary N) is 1. The number of ether oxygens (including phenoxy) is 1. The Balaban J connectivity index is 1.53. The second-order valence-corrected chi connectivity index (χ2v) is 5.59. The third kappa shape index (κ3) is 3.01. The fourth-order valence-corrected chi connectivity index (χ4v) is 3.25. The molecule has 0 spiro atoms. The van der Waals surface area contributed by atoms with Crippen LogP contribution < -0.4 is 10.1 Å². The number of piperidine rings is 1. The van der Waals surface area contributed by atoms with Gasteiger partial charge in [-0.05, 0) is 37.6 Å². The van der Waals surface area contributed by atoms with E-state index < -0.39 is 0 Å². The van der Waals surface area contributed by atoms with E-state index in [9.17, 15) is 4.79 Å². The molecule has 2 aliphatic rings. The largest absolute Gasteiger partial charge is 0.492 e. The first-order valence-corrected chi connectivity index (χ1v) is 7.42. The first-order chi connectivity index (χ1) is 10.3. The van der Waals surface area contributed by atoms with Gasteiger partial charge >= 0.3 is 0 Å². The van der Waals surface area contributed by atoms with Crippen LogP contribution in [0.2, 0.25) is 0 Å². The Morgan fingerprint density at radius 3 is 3.24 bits per heavy atom. The summed E-state index contributed by atoms with van der Waals surface area (Å²) in [5, 5.41) is 11.8. The van der Waals surface area contributed by atoms with Gasteiger partial charge in [-0.25, -0.2) is 0 Å². The van der Waals surface area contributed by atoms with Gasteiger partial charge in [-0.2, -0.15) is 5.26 Å². The van der Waals surface area contributed by atoms with E-state index in [4.69, 9.17) is 10.00 Å². The molecule has 5 nitrogen and oxygen atoms in total. The molecule has 21 heavy (non-hydrogen) atoms. The molecule has 2 fully saturated rings. The molecule has 1 aromatic rings. The molecular weight excluding hydrogens is 266 g/mol. The molecule has 2 saturated heterocycles. The molecule has 2 unspecified atom stereocenters. The van der Waals surface area contributed by atoms with Gasteiger partial charge in [0.05, 0.1) is 17.6 Å². The zero-order valence-corrected chi connectivity index (χ0v) is 11.9. The number of likely N-dealkylation sites (tertiary alicyclic amines) is 1. The standard InChI is InChI=1S/C16H19N3O2/c17-10-12-3-1-4-13(9-12)21-8-7-19-6-2-5-14-15(19)11-18-16(14)20/h1,3-4,9,14-15H,2,5-8,11H2,(H,18,20). The highest BCUT2D eigenvalue weighted by Crippen LogP contribution is 2.27. The number of amides is 1. The lowest BCUT2D eigenvalue weighted by Crippen LogP contribution is -2.47. The van der Waals surface area contributed by atoms with Gasteiger partial charge in [0.25, 0.3) is 0 Å². The first kappa shape index (κ1) is 13.9. The molecular formula is C16H19N3O2. The number of carbonyl (C=O) groups excluding carboxylic acids is 1. The van der Waals surface area contributed by atoms with Crippen molar-refractivity contribution in [3.63, 3.8) is 0 Å². The summed E-state index contributed by atoms with van der Waals surface area (Å²) in [5.41, 5.74) is 0.608. The third-order valence-corrected chi connectivity index (χ3v) is 4.33. The van der Waals surface area contributed by atoms with Crippen molar-refractivity contribution in [3.05, 3.63) is 29.8 Å². The van der Waals surface area contributed by atoms with Gasteiger partial charge in [0.2, 0.25) is 5.91 Å². The highest BCUT2D eigenvalue weighted by Gasteiger charge is 2.40. The molecule has 3 rings (SSSR count). The average Bonchev–Trinajstić information content (AvgIpc) is 2.90. The van der Waals surface area contributed by atoms with Crippen LogP contribution in [0, 0.1) is 17.2 Å². The molecule has 1 N–H and O–H groups in total. The number of carbonyl (C=O) groups is 1. The van der Waals surface area contributed by atoms with E-state index >= 15 is 0 Å². The van der Waals surface area contributed by atoms with Gasteiger partial charge in [-0.3, -0.25) is 9.69 Å². The van der Waals surface area contributed by atoms with Crippen molar-refractivity contribution in [1.29, 1.82) is 5.26 Å². The summed E-state index contributed by atoms with van der Waals surface area (Å²) in [6.45, 7) is 3.17. The quantitative estimate of drug-likeness (QED) is 0.901. The molecule has 0 aliphatic carbocycles. The Labute approximate surface area is 124 Å². The van der Waals surface area contributed by atoms with Crippen LogP contribution in [0.25, 0.3) is 0 Å². The number of benzene rings is 1. The highest BCUT2D eigenvalue weighted by molar-refractivity contribution is 5.82. The molecule has 1 aromatic carbocycles. The summed E-state index contributed by atoms with van der Waals surface area (Å²) in [6, 6.07) is 9.62. The van der Waals surface area contributed by atoms with Crippen LogP contribution in [0.15, 0.2) is 24.3 Å². The van der Waals surface area contributed by atoms with Crippen molar-refractivity contribution in [2.75, 3.05) is 26.2 Å². The lowest BCUT2D eigenvalue weighted by Gasteiger charge is -2.35. The van der Waals surface area contributed by atoms with Gasteiger partial charge in [0, 0.05) is 19.1 Å². The molecule has 1 amide bonds. The zero-order valence-electron chi connectivity index (χ0n) is 11.9. The van der Waals surface area contributed by atoms with Crippen LogP contribution in [0.5, 0.6) is 5.75 Å². The van der Waals surface area contributed by atoms with E-state index in [1.165, 1.54) is 0 Å². The monoisotopic (exact) mass is 285 g/mol. The molecule has 5 heteroatoms. The van der Waals surface area contributed by atoms with Crippen LogP contribution in [0.3, 0.4) is 0 Å². The predicted molar refractivity (Wildman–Crippen MR) is 77.7 cm³/mol. The molecule has 2 aliphatic heterocycles. The molecule has 110 valence electrons. The second-order valence-electron chi connectivity index (χ2n) is 5.59. The smallest absolute Gasteiger partial charge is 0.224 e. The first-order valence-electron chi connectivity index (χ1n) is 7.42. The minimum Gasteiger partial charge on any atom is -0.492 e. The van der Waals surface area contributed by atoms with Crippen LogP contribution in [-0.4, -0.2) is 43.1 Å². The number of rotatable bonds is 4. The number of hydrogen-bond acceptors (Lipinski definition) is 4.